The molecule has 0 aliphatic carbocycles. The number of rotatable bonds is 3. The lowest BCUT2D eigenvalue weighted by molar-refractivity contribution is -0.133. The van der Waals surface area contributed by atoms with Gasteiger partial charge in [0.25, 0.3) is 0 Å². The van der Waals surface area contributed by atoms with Crippen molar-refractivity contribution >= 4 is 5.91 Å². The zero-order valence-corrected chi connectivity index (χ0v) is 17.2. The third kappa shape index (κ3) is 3.21. The number of benzene rings is 1. The Bertz CT molecular complexity index is 717. The Morgan fingerprint density at radius 1 is 1.19 bits per heavy atom. The molecule has 4 nitrogen and oxygen atoms in total. The predicted molar refractivity (Wildman–Crippen MR) is 108 cm³/mol. The fourth-order valence-corrected chi connectivity index (χ4v) is 5.98. The minimum absolute atomic E-state index is 0.0586. The van der Waals surface area contributed by atoms with Crippen LogP contribution < -0.4 is 5.32 Å². The molecule has 148 valence electrons. The van der Waals surface area contributed by atoms with Crippen molar-refractivity contribution in [2.75, 3.05) is 0 Å². The highest BCUT2D eigenvalue weighted by Crippen LogP contribution is 2.45. The second-order valence-corrected chi connectivity index (χ2v) is 9.53. The number of nitrogens with one attached hydrogen (secondary N) is 1. The molecule has 3 unspecified atom stereocenters. The van der Waals surface area contributed by atoms with Crippen molar-refractivity contribution in [2.45, 2.75) is 102 Å². The highest BCUT2D eigenvalue weighted by Gasteiger charge is 2.43. The van der Waals surface area contributed by atoms with E-state index in [1.165, 1.54) is 36.8 Å². The second kappa shape index (κ2) is 6.89. The first-order chi connectivity index (χ1) is 12.8. The number of aliphatic hydroxyl groups excluding tert-OH is 1. The fourth-order valence-electron chi connectivity index (χ4n) is 5.98. The van der Waals surface area contributed by atoms with E-state index in [9.17, 15) is 9.90 Å². The Morgan fingerprint density at radius 2 is 1.85 bits per heavy atom. The molecule has 4 heteroatoms. The normalized spacial score (nSPS) is 36.9. The molecule has 4 atom stereocenters. The smallest absolute Gasteiger partial charge is 0.232 e. The van der Waals surface area contributed by atoms with E-state index < -0.39 is 11.6 Å². The van der Waals surface area contributed by atoms with Crippen LogP contribution in [-0.2, 0) is 10.2 Å². The van der Waals surface area contributed by atoms with Crippen molar-refractivity contribution in [3.8, 4) is 0 Å². The summed E-state index contributed by atoms with van der Waals surface area (Å²) in [5, 5.41) is 12.4. The summed E-state index contributed by atoms with van der Waals surface area (Å²) < 4.78 is 0. The summed E-state index contributed by atoms with van der Waals surface area (Å²) in [6, 6.07) is 8.78. The van der Waals surface area contributed by atoms with E-state index in [0.717, 1.165) is 17.6 Å². The largest absolute Gasteiger partial charge is 0.374 e. The summed E-state index contributed by atoms with van der Waals surface area (Å²) in [6.07, 6.45) is 5.81. The number of amides is 1. The molecule has 3 heterocycles. The molecule has 27 heavy (non-hydrogen) atoms. The van der Waals surface area contributed by atoms with Gasteiger partial charge in [-0.05, 0) is 88.8 Å². The van der Waals surface area contributed by atoms with Crippen molar-refractivity contribution < 1.29 is 9.90 Å². The van der Waals surface area contributed by atoms with Crippen LogP contribution in [0.5, 0.6) is 0 Å². The Kier molecular flexibility index (Phi) is 4.84. The molecule has 1 amide bonds. The number of aryl methyl sites for hydroxylation is 1. The van der Waals surface area contributed by atoms with E-state index in [1.807, 2.05) is 6.92 Å². The van der Waals surface area contributed by atoms with E-state index in [0.29, 0.717) is 24.8 Å². The Balaban J connectivity index is 1.56. The number of nitrogens with zero attached hydrogens (tertiary/aromatic N) is 1. The van der Waals surface area contributed by atoms with E-state index >= 15 is 0 Å². The van der Waals surface area contributed by atoms with E-state index in [1.54, 1.807) is 0 Å². The molecule has 3 aliphatic heterocycles. The summed E-state index contributed by atoms with van der Waals surface area (Å²) in [5.74, 6) is 0.582. The highest BCUT2D eigenvalue weighted by molar-refractivity contribution is 5.88. The number of fused-ring (bicyclic) bond motifs is 2. The van der Waals surface area contributed by atoms with Gasteiger partial charge in [-0.3, -0.25) is 9.69 Å². The first-order valence-electron chi connectivity index (χ1n) is 10.7. The maximum atomic E-state index is 12.5. The minimum Gasteiger partial charge on any atom is -0.374 e. The van der Waals surface area contributed by atoms with E-state index in [-0.39, 0.29) is 5.91 Å². The number of hydrogen-bond acceptors (Lipinski definition) is 3. The summed E-state index contributed by atoms with van der Waals surface area (Å²) in [4.78, 5) is 15.3. The molecule has 2 N–H and O–H groups in total. The topological polar surface area (TPSA) is 52.6 Å². The van der Waals surface area contributed by atoms with Gasteiger partial charge < -0.3 is 10.4 Å². The van der Waals surface area contributed by atoms with Gasteiger partial charge in [-0.1, -0.05) is 18.2 Å². The molecule has 3 aliphatic rings. The Labute approximate surface area is 163 Å². The van der Waals surface area contributed by atoms with Crippen LogP contribution in [0, 0.1) is 6.92 Å². The second-order valence-electron chi connectivity index (χ2n) is 9.53. The fraction of sp³-hybridized carbons (Fsp3) is 0.696. The molecule has 3 fully saturated rings. The van der Waals surface area contributed by atoms with Gasteiger partial charge in [0.2, 0.25) is 5.91 Å². The Morgan fingerprint density at radius 3 is 2.41 bits per heavy atom. The van der Waals surface area contributed by atoms with Crippen LogP contribution in [0.4, 0.5) is 0 Å². The van der Waals surface area contributed by atoms with Gasteiger partial charge in [0.1, 0.15) is 6.23 Å². The molecule has 0 aromatic heterocycles. The number of aliphatic hydroxyl groups is 1. The molecular formula is C23H34N2O2. The van der Waals surface area contributed by atoms with Gasteiger partial charge in [-0.25, -0.2) is 0 Å². The monoisotopic (exact) mass is 370 g/mol. The molecule has 4 rings (SSSR count). The van der Waals surface area contributed by atoms with Gasteiger partial charge in [0, 0.05) is 18.1 Å². The molecule has 1 aromatic carbocycles. The van der Waals surface area contributed by atoms with Crippen LogP contribution in [0.25, 0.3) is 0 Å². The number of piperidine rings is 2. The summed E-state index contributed by atoms with van der Waals surface area (Å²) in [6.45, 7) is 8.87. The van der Waals surface area contributed by atoms with Crippen molar-refractivity contribution in [1.82, 2.24) is 10.2 Å². The van der Waals surface area contributed by atoms with Crippen LogP contribution in [0.3, 0.4) is 0 Å². The van der Waals surface area contributed by atoms with Crippen molar-refractivity contribution in [3.05, 3.63) is 34.9 Å². The molecule has 1 aromatic rings. The zero-order valence-electron chi connectivity index (χ0n) is 17.2. The predicted octanol–water partition coefficient (Wildman–Crippen LogP) is 3.60. The zero-order chi connectivity index (χ0) is 19.3. The van der Waals surface area contributed by atoms with E-state index in [4.69, 9.17) is 0 Å². The molecule has 0 radical (unpaired) electrons. The van der Waals surface area contributed by atoms with Crippen molar-refractivity contribution in [3.63, 3.8) is 0 Å². The average molecular weight is 371 g/mol. The summed E-state index contributed by atoms with van der Waals surface area (Å²) >= 11 is 0. The van der Waals surface area contributed by atoms with Crippen LogP contribution >= 0.6 is 0 Å². The Hall–Kier alpha value is -1.39. The molecule has 3 saturated heterocycles. The van der Waals surface area contributed by atoms with Crippen LogP contribution in [0.1, 0.15) is 81.9 Å². The van der Waals surface area contributed by atoms with Gasteiger partial charge >= 0.3 is 0 Å². The highest BCUT2D eigenvalue weighted by atomic mass is 16.3. The number of hydrogen-bond donors (Lipinski definition) is 2. The molecule has 0 saturated carbocycles. The van der Waals surface area contributed by atoms with Gasteiger partial charge in [-0.15, -0.1) is 0 Å². The number of carbonyl (C=O) groups is 1. The van der Waals surface area contributed by atoms with Gasteiger partial charge in [-0.2, -0.15) is 0 Å². The van der Waals surface area contributed by atoms with Crippen LogP contribution in [0.15, 0.2) is 18.2 Å². The first-order valence-corrected chi connectivity index (χ1v) is 10.7. The third-order valence-corrected chi connectivity index (χ3v) is 7.45. The molecule has 2 bridgehead atoms. The summed E-state index contributed by atoms with van der Waals surface area (Å²) in [7, 11) is 0. The first kappa shape index (κ1) is 18.9. The maximum absolute atomic E-state index is 12.5. The third-order valence-electron chi connectivity index (χ3n) is 7.45. The standard InChI is InChI=1S/C23H34N2O2/c1-14(2)25-18-6-7-19(25)13-16(12-18)20-8-5-17(11-15(20)3)23(4)10-9-21(26)24-22(23)27/h5,8,11,14,16,18-19,21,26H,6-7,9-10,12-13H2,1-4H3,(H,24,27)/t16?,18?,19?,21?,23-/m0/s1. The SMILES string of the molecule is Cc1cc([C@]2(C)CCC(O)NC2=O)ccc1C1CC2CCC(C1)N2C(C)C. The number of carbonyl (C=O) groups excluding carboxylic acids is 1. The lowest BCUT2D eigenvalue weighted by Gasteiger charge is -2.42. The van der Waals surface area contributed by atoms with Gasteiger partial charge in [0.05, 0.1) is 5.41 Å². The molecule has 0 spiro atoms. The lowest BCUT2D eigenvalue weighted by Crippen LogP contribution is -2.51. The van der Waals surface area contributed by atoms with Crippen molar-refractivity contribution in [1.29, 1.82) is 0 Å². The quantitative estimate of drug-likeness (QED) is 0.855. The van der Waals surface area contributed by atoms with E-state index in [2.05, 4.69) is 49.2 Å². The van der Waals surface area contributed by atoms with Crippen LogP contribution in [0.2, 0.25) is 0 Å². The van der Waals surface area contributed by atoms with Crippen molar-refractivity contribution in [2.24, 2.45) is 0 Å². The molecular weight excluding hydrogens is 336 g/mol. The van der Waals surface area contributed by atoms with Gasteiger partial charge in [0.15, 0.2) is 0 Å². The summed E-state index contributed by atoms with van der Waals surface area (Å²) in [5.41, 5.74) is 3.33. The maximum Gasteiger partial charge on any atom is 0.232 e. The minimum atomic E-state index is -0.701. The average Bonchev–Trinajstić information content (AvgIpc) is 2.89. The lowest BCUT2D eigenvalue weighted by atomic mass is 9.73. The van der Waals surface area contributed by atoms with Crippen LogP contribution in [-0.4, -0.2) is 40.3 Å².